The molecule has 0 aromatic carbocycles. The Balaban J connectivity index is 3.46. The van der Waals surface area contributed by atoms with Gasteiger partial charge in [0.1, 0.15) is 4.60 Å². The quantitative estimate of drug-likeness (QED) is 0.674. The molecular formula is C8H11BrN2. The molecule has 1 heterocycles. The van der Waals surface area contributed by atoms with Crippen LogP contribution in [0.15, 0.2) is 4.60 Å². The van der Waals surface area contributed by atoms with Crippen LogP contribution >= 0.6 is 15.9 Å². The number of halogens is 1. The van der Waals surface area contributed by atoms with Gasteiger partial charge in [-0.15, -0.1) is 0 Å². The molecule has 0 aliphatic rings. The van der Waals surface area contributed by atoms with Crippen LogP contribution in [0.25, 0.3) is 0 Å². The molecule has 0 saturated carbocycles. The number of pyridine rings is 1. The molecule has 2 nitrogen and oxygen atoms in total. The van der Waals surface area contributed by atoms with Crippen molar-refractivity contribution in [1.82, 2.24) is 4.98 Å². The molecule has 1 rings (SSSR count). The lowest BCUT2D eigenvalue weighted by Gasteiger charge is -2.08. The highest BCUT2D eigenvalue weighted by Crippen LogP contribution is 2.24. The first kappa shape index (κ1) is 8.53. The Morgan fingerprint density at radius 2 is 1.73 bits per heavy atom. The van der Waals surface area contributed by atoms with Crippen LogP contribution in [0.3, 0.4) is 0 Å². The minimum absolute atomic E-state index is 0.744. The summed E-state index contributed by atoms with van der Waals surface area (Å²) in [4.78, 5) is 4.23. The fourth-order valence-electron chi connectivity index (χ4n) is 0.919. The van der Waals surface area contributed by atoms with Crippen LogP contribution in [0.4, 0.5) is 5.69 Å². The van der Waals surface area contributed by atoms with Crippen molar-refractivity contribution in [2.45, 2.75) is 20.8 Å². The van der Waals surface area contributed by atoms with E-state index in [-0.39, 0.29) is 0 Å². The van der Waals surface area contributed by atoms with Gasteiger partial charge in [0.05, 0.1) is 5.69 Å². The first-order valence-electron chi connectivity index (χ1n) is 3.42. The third-order valence-electron chi connectivity index (χ3n) is 2.00. The molecule has 0 radical (unpaired) electrons. The zero-order valence-corrected chi connectivity index (χ0v) is 8.49. The van der Waals surface area contributed by atoms with Gasteiger partial charge in [0, 0.05) is 5.69 Å². The Bertz CT molecular complexity index is 268. The largest absolute Gasteiger partial charge is 0.396 e. The van der Waals surface area contributed by atoms with Crippen molar-refractivity contribution >= 4 is 21.6 Å². The normalized spacial score (nSPS) is 10.2. The van der Waals surface area contributed by atoms with Gasteiger partial charge in [-0.05, 0) is 47.8 Å². The average Bonchev–Trinajstić information content (AvgIpc) is 1.97. The van der Waals surface area contributed by atoms with Crippen molar-refractivity contribution in [3.63, 3.8) is 0 Å². The standard InChI is InChI=1S/C8H11BrN2/c1-4-5(2)7(10)8(9)11-6(4)3/h10H2,1-3H3. The second-order valence-electron chi connectivity index (χ2n) is 2.65. The van der Waals surface area contributed by atoms with E-state index in [1.54, 1.807) is 0 Å². The Morgan fingerprint density at radius 1 is 1.18 bits per heavy atom. The second kappa shape index (κ2) is 2.81. The molecule has 0 spiro atoms. The summed E-state index contributed by atoms with van der Waals surface area (Å²) in [6.45, 7) is 6.01. The van der Waals surface area contributed by atoms with E-state index in [1.165, 1.54) is 5.56 Å². The second-order valence-corrected chi connectivity index (χ2v) is 3.40. The van der Waals surface area contributed by atoms with Gasteiger partial charge < -0.3 is 5.73 Å². The van der Waals surface area contributed by atoms with Gasteiger partial charge in [-0.2, -0.15) is 0 Å². The molecule has 0 aliphatic carbocycles. The van der Waals surface area contributed by atoms with Gasteiger partial charge in [-0.3, -0.25) is 0 Å². The minimum atomic E-state index is 0.744. The molecule has 1 aromatic heterocycles. The number of nitrogens with two attached hydrogens (primary N) is 1. The predicted octanol–water partition coefficient (Wildman–Crippen LogP) is 2.35. The van der Waals surface area contributed by atoms with Crippen LogP contribution < -0.4 is 5.73 Å². The van der Waals surface area contributed by atoms with Crippen molar-refractivity contribution in [2.24, 2.45) is 0 Å². The number of aromatic nitrogens is 1. The number of hydrogen-bond acceptors (Lipinski definition) is 2. The van der Waals surface area contributed by atoms with E-state index in [4.69, 9.17) is 5.73 Å². The average molecular weight is 215 g/mol. The number of anilines is 1. The Kier molecular flexibility index (Phi) is 2.18. The van der Waals surface area contributed by atoms with Crippen LogP contribution in [0, 0.1) is 20.8 Å². The SMILES string of the molecule is Cc1nc(Br)c(N)c(C)c1C. The van der Waals surface area contributed by atoms with Gasteiger partial charge in [-0.25, -0.2) is 4.98 Å². The lowest BCUT2D eigenvalue weighted by Crippen LogP contribution is -1.99. The first-order valence-corrected chi connectivity index (χ1v) is 4.22. The lowest BCUT2D eigenvalue weighted by molar-refractivity contribution is 1.10. The molecule has 3 heteroatoms. The summed E-state index contributed by atoms with van der Waals surface area (Å²) in [5, 5.41) is 0. The van der Waals surface area contributed by atoms with Gasteiger partial charge in [0.2, 0.25) is 0 Å². The van der Waals surface area contributed by atoms with Crippen LogP contribution in [0.2, 0.25) is 0 Å². The monoisotopic (exact) mass is 214 g/mol. The van der Waals surface area contributed by atoms with Crippen LogP contribution in [0.5, 0.6) is 0 Å². The van der Waals surface area contributed by atoms with E-state index >= 15 is 0 Å². The van der Waals surface area contributed by atoms with Crippen molar-refractivity contribution in [1.29, 1.82) is 0 Å². The number of hydrogen-bond donors (Lipinski definition) is 1. The molecule has 0 aliphatic heterocycles. The molecule has 0 unspecified atom stereocenters. The fourth-order valence-corrected chi connectivity index (χ4v) is 1.48. The molecule has 0 bridgehead atoms. The van der Waals surface area contributed by atoms with Crippen molar-refractivity contribution in [3.8, 4) is 0 Å². The van der Waals surface area contributed by atoms with Crippen molar-refractivity contribution in [3.05, 3.63) is 21.4 Å². The Labute approximate surface area is 75.0 Å². The van der Waals surface area contributed by atoms with Crippen LogP contribution in [-0.4, -0.2) is 4.98 Å². The molecule has 0 amide bonds. The van der Waals surface area contributed by atoms with E-state index in [9.17, 15) is 0 Å². The summed E-state index contributed by atoms with van der Waals surface area (Å²) < 4.78 is 0.748. The van der Waals surface area contributed by atoms with E-state index < -0.39 is 0 Å². The molecular weight excluding hydrogens is 204 g/mol. The molecule has 2 N–H and O–H groups in total. The molecule has 11 heavy (non-hydrogen) atoms. The van der Waals surface area contributed by atoms with Crippen LogP contribution in [-0.2, 0) is 0 Å². The summed E-state index contributed by atoms with van der Waals surface area (Å²) in [6, 6.07) is 0. The highest BCUT2D eigenvalue weighted by molar-refractivity contribution is 9.10. The molecule has 60 valence electrons. The lowest BCUT2D eigenvalue weighted by atomic mass is 10.1. The summed E-state index contributed by atoms with van der Waals surface area (Å²) in [6.07, 6.45) is 0. The van der Waals surface area contributed by atoms with Gasteiger partial charge >= 0.3 is 0 Å². The smallest absolute Gasteiger partial charge is 0.129 e. The van der Waals surface area contributed by atoms with E-state index in [0.717, 1.165) is 21.5 Å². The summed E-state index contributed by atoms with van der Waals surface area (Å²) in [5.74, 6) is 0. The third-order valence-corrected chi connectivity index (χ3v) is 2.60. The van der Waals surface area contributed by atoms with Gasteiger partial charge in [0.25, 0.3) is 0 Å². The van der Waals surface area contributed by atoms with Crippen LogP contribution in [0.1, 0.15) is 16.8 Å². The number of nitrogen functional groups attached to an aromatic ring is 1. The zero-order valence-electron chi connectivity index (χ0n) is 6.90. The van der Waals surface area contributed by atoms with Crippen molar-refractivity contribution < 1.29 is 0 Å². The zero-order chi connectivity index (χ0) is 8.59. The maximum Gasteiger partial charge on any atom is 0.129 e. The maximum absolute atomic E-state index is 5.74. The Morgan fingerprint density at radius 3 is 2.27 bits per heavy atom. The van der Waals surface area contributed by atoms with Gasteiger partial charge in [0.15, 0.2) is 0 Å². The maximum atomic E-state index is 5.74. The van der Waals surface area contributed by atoms with Crippen molar-refractivity contribution in [2.75, 3.05) is 5.73 Å². The minimum Gasteiger partial charge on any atom is -0.396 e. The summed E-state index contributed by atoms with van der Waals surface area (Å²) in [5.41, 5.74) is 9.80. The highest BCUT2D eigenvalue weighted by Gasteiger charge is 2.05. The number of aryl methyl sites for hydroxylation is 1. The summed E-state index contributed by atoms with van der Waals surface area (Å²) >= 11 is 3.29. The first-order chi connectivity index (χ1) is 5.04. The number of nitrogens with zero attached hydrogens (tertiary/aromatic N) is 1. The fraction of sp³-hybridized carbons (Fsp3) is 0.375. The topological polar surface area (TPSA) is 38.9 Å². The molecule has 0 saturated heterocycles. The third kappa shape index (κ3) is 1.38. The van der Waals surface area contributed by atoms with E-state index in [0.29, 0.717) is 0 Å². The van der Waals surface area contributed by atoms with Gasteiger partial charge in [-0.1, -0.05) is 0 Å². The molecule has 0 atom stereocenters. The van der Waals surface area contributed by atoms with E-state index in [1.807, 2.05) is 20.8 Å². The Hall–Kier alpha value is -0.570. The highest BCUT2D eigenvalue weighted by atomic mass is 79.9. The number of rotatable bonds is 0. The molecule has 1 aromatic rings. The van der Waals surface area contributed by atoms with E-state index in [2.05, 4.69) is 20.9 Å². The molecule has 0 fully saturated rings. The summed E-state index contributed by atoms with van der Waals surface area (Å²) in [7, 11) is 0. The predicted molar refractivity (Wildman–Crippen MR) is 50.6 cm³/mol.